The van der Waals surface area contributed by atoms with Crippen LogP contribution in [0.25, 0.3) is 0 Å². The Labute approximate surface area is 178 Å². The third-order valence-corrected chi connectivity index (χ3v) is 5.00. The van der Waals surface area contributed by atoms with Crippen LogP contribution in [-0.2, 0) is 4.79 Å². The fraction of sp³-hybridized carbons (Fsp3) is 0.130. The predicted molar refractivity (Wildman–Crippen MR) is 119 cm³/mol. The van der Waals surface area contributed by atoms with Gasteiger partial charge in [0.05, 0.1) is 5.56 Å². The van der Waals surface area contributed by atoms with Gasteiger partial charge in [-0.25, -0.2) is 0 Å². The topological polar surface area (TPSA) is 67.4 Å². The van der Waals surface area contributed by atoms with Gasteiger partial charge in [-0.3, -0.25) is 9.59 Å². The molecular formula is C23H21BrN2O3. The Balaban J connectivity index is 1.66. The van der Waals surface area contributed by atoms with Crippen molar-refractivity contribution in [2.45, 2.75) is 13.8 Å². The quantitative estimate of drug-likeness (QED) is 0.530. The van der Waals surface area contributed by atoms with E-state index < -0.39 is 0 Å². The van der Waals surface area contributed by atoms with Gasteiger partial charge in [0.1, 0.15) is 5.75 Å². The first-order valence-corrected chi connectivity index (χ1v) is 9.88. The predicted octanol–water partition coefficient (Wildman–Crippen LogP) is 5.34. The average molecular weight is 453 g/mol. The molecule has 0 heterocycles. The summed E-state index contributed by atoms with van der Waals surface area (Å²) >= 11 is 3.35. The van der Waals surface area contributed by atoms with Gasteiger partial charge in [-0.2, -0.15) is 0 Å². The summed E-state index contributed by atoms with van der Waals surface area (Å²) in [6.07, 6.45) is 0. The standard InChI is InChI=1S/C23H21BrN2O3/c1-15-6-5-8-20(16(15)2)26-23(28)19-7-3-4-9-21(19)29-14-22(27)25-18-12-10-17(24)11-13-18/h3-13H,14H2,1-2H3,(H,25,27)(H,26,28). The van der Waals surface area contributed by atoms with E-state index in [1.165, 1.54) is 0 Å². The van der Waals surface area contributed by atoms with Crippen molar-refractivity contribution in [1.29, 1.82) is 0 Å². The van der Waals surface area contributed by atoms with Crippen molar-refractivity contribution >= 4 is 39.1 Å². The zero-order valence-corrected chi connectivity index (χ0v) is 17.7. The summed E-state index contributed by atoms with van der Waals surface area (Å²) in [7, 11) is 0. The molecule has 29 heavy (non-hydrogen) atoms. The van der Waals surface area contributed by atoms with Crippen LogP contribution in [0.1, 0.15) is 21.5 Å². The number of hydrogen-bond donors (Lipinski definition) is 2. The van der Waals surface area contributed by atoms with Crippen molar-refractivity contribution in [3.8, 4) is 5.75 Å². The average Bonchev–Trinajstić information content (AvgIpc) is 2.72. The minimum absolute atomic E-state index is 0.205. The molecule has 0 unspecified atom stereocenters. The molecule has 3 aromatic rings. The lowest BCUT2D eigenvalue weighted by atomic mass is 10.1. The Kier molecular flexibility index (Phi) is 6.67. The summed E-state index contributed by atoms with van der Waals surface area (Å²) in [4.78, 5) is 24.9. The molecule has 6 heteroatoms. The van der Waals surface area contributed by atoms with Crippen LogP contribution >= 0.6 is 15.9 Å². The summed E-state index contributed by atoms with van der Waals surface area (Å²) in [6.45, 7) is 3.75. The van der Waals surface area contributed by atoms with E-state index in [2.05, 4.69) is 26.6 Å². The Bertz CT molecular complexity index is 1030. The molecule has 2 amide bonds. The number of para-hydroxylation sites is 1. The van der Waals surface area contributed by atoms with Gasteiger partial charge in [-0.1, -0.05) is 40.2 Å². The lowest BCUT2D eigenvalue weighted by molar-refractivity contribution is -0.118. The van der Waals surface area contributed by atoms with Crippen molar-refractivity contribution in [3.05, 3.63) is 87.9 Å². The maximum atomic E-state index is 12.8. The summed E-state index contributed by atoms with van der Waals surface area (Å²) in [5.41, 5.74) is 3.88. The number of nitrogens with one attached hydrogen (secondary N) is 2. The second kappa shape index (κ2) is 9.39. The number of benzene rings is 3. The number of carbonyl (C=O) groups is 2. The Morgan fingerprint density at radius 2 is 1.62 bits per heavy atom. The van der Waals surface area contributed by atoms with Gasteiger partial charge < -0.3 is 15.4 Å². The van der Waals surface area contributed by atoms with E-state index in [9.17, 15) is 9.59 Å². The molecular weight excluding hydrogens is 432 g/mol. The fourth-order valence-corrected chi connectivity index (χ4v) is 2.99. The van der Waals surface area contributed by atoms with Crippen molar-refractivity contribution < 1.29 is 14.3 Å². The van der Waals surface area contributed by atoms with Gasteiger partial charge in [-0.15, -0.1) is 0 Å². The van der Waals surface area contributed by atoms with E-state index in [-0.39, 0.29) is 18.4 Å². The second-order valence-corrected chi connectivity index (χ2v) is 7.46. The smallest absolute Gasteiger partial charge is 0.262 e. The van der Waals surface area contributed by atoms with Gasteiger partial charge in [0.15, 0.2) is 6.61 Å². The number of aryl methyl sites for hydroxylation is 1. The lowest BCUT2D eigenvalue weighted by Gasteiger charge is -2.13. The van der Waals surface area contributed by atoms with Crippen LogP contribution in [-0.4, -0.2) is 18.4 Å². The summed E-state index contributed by atoms with van der Waals surface area (Å²) in [5.74, 6) is -0.249. The first-order chi connectivity index (χ1) is 13.9. The molecule has 0 atom stereocenters. The molecule has 0 saturated heterocycles. The summed E-state index contributed by atoms with van der Waals surface area (Å²) in [6, 6.07) is 19.8. The molecule has 2 N–H and O–H groups in total. The SMILES string of the molecule is Cc1cccc(NC(=O)c2ccccc2OCC(=O)Nc2ccc(Br)cc2)c1C. The molecule has 0 bridgehead atoms. The Hall–Kier alpha value is -3.12. The van der Waals surface area contributed by atoms with E-state index in [0.29, 0.717) is 17.0 Å². The van der Waals surface area contributed by atoms with Gasteiger partial charge in [-0.05, 0) is 67.4 Å². The van der Waals surface area contributed by atoms with Crippen LogP contribution in [0.4, 0.5) is 11.4 Å². The molecule has 5 nitrogen and oxygen atoms in total. The third-order valence-electron chi connectivity index (χ3n) is 4.47. The van der Waals surface area contributed by atoms with E-state index in [4.69, 9.17) is 4.74 Å². The normalized spacial score (nSPS) is 10.3. The highest BCUT2D eigenvalue weighted by atomic mass is 79.9. The Morgan fingerprint density at radius 3 is 2.38 bits per heavy atom. The number of ether oxygens (including phenoxy) is 1. The van der Waals surface area contributed by atoms with Crippen molar-refractivity contribution in [2.24, 2.45) is 0 Å². The summed E-state index contributed by atoms with van der Waals surface area (Å²) in [5, 5.41) is 5.67. The molecule has 0 fully saturated rings. The third kappa shape index (κ3) is 5.45. The van der Waals surface area contributed by atoms with Gasteiger partial charge >= 0.3 is 0 Å². The second-order valence-electron chi connectivity index (χ2n) is 6.54. The number of rotatable bonds is 6. The van der Waals surface area contributed by atoms with Crippen LogP contribution in [0.2, 0.25) is 0 Å². The molecule has 0 radical (unpaired) electrons. The lowest BCUT2D eigenvalue weighted by Crippen LogP contribution is -2.21. The highest BCUT2D eigenvalue weighted by Gasteiger charge is 2.15. The van der Waals surface area contributed by atoms with Gasteiger partial charge in [0.2, 0.25) is 0 Å². The maximum absolute atomic E-state index is 12.8. The first kappa shape index (κ1) is 20.6. The highest BCUT2D eigenvalue weighted by Crippen LogP contribution is 2.23. The molecule has 0 aliphatic heterocycles. The van der Waals surface area contributed by atoms with Crippen LogP contribution in [0, 0.1) is 13.8 Å². The van der Waals surface area contributed by atoms with E-state index in [1.54, 1.807) is 36.4 Å². The number of halogens is 1. The van der Waals surface area contributed by atoms with Gasteiger partial charge in [0, 0.05) is 15.8 Å². The van der Waals surface area contributed by atoms with E-state index >= 15 is 0 Å². The zero-order chi connectivity index (χ0) is 20.8. The maximum Gasteiger partial charge on any atom is 0.262 e. The van der Waals surface area contributed by atoms with Crippen LogP contribution in [0.3, 0.4) is 0 Å². The van der Waals surface area contributed by atoms with Gasteiger partial charge in [0.25, 0.3) is 11.8 Å². The molecule has 3 aromatic carbocycles. The van der Waals surface area contributed by atoms with E-state index in [0.717, 1.165) is 21.3 Å². The molecule has 148 valence electrons. The van der Waals surface area contributed by atoms with Crippen LogP contribution in [0.15, 0.2) is 71.2 Å². The van der Waals surface area contributed by atoms with Crippen LogP contribution in [0.5, 0.6) is 5.75 Å². The number of carbonyl (C=O) groups excluding carboxylic acids is 2. The monoisotopic (exact) mass is 452 g/mol. The highest BCUT2D eigenvalue weighted by molar-refractivity contribution is 9.10. The number of hydrogen-bond acceptors (Lipinski definition) is 3. The molecule has 0 aromatic heterocycles. The largest absolute Gasteiger partial charge is 0.483 e. The van der Waals surface area contributed by atoms with Crippen LogP contribution < -0.4 is 15.4 Å². The first-order valence-electron chi connectivity index (χ1n) is 9.09. The van der Waals surface area contributed by atoms with Crippen molar-refractivity contribution in [2.75, 3.05) is 17.2 Å². The molecule has 3 rings (SSSR count). The van der Waals surface area contributed by atoms with Crippen molar-refractivity contribution in [3.63, 3.8) is 0 Å². The molecule has 0 spiro atoms. The number of amides is 2. The number of anilines is 2. The molecule has 0 aliphatic rings. The molecule has 0 saturated carbocycles. The fourth-order valence-electron chi connectivity index (χ4n) is 2.73. The minimum Gasteiger partial charge on any atom is -0.483 e. The minimum atomic E-state index is -0.308. The Morgan fingerprint density at radius 1 is 0.897 bits per heavy atom. The van der Waals surface area contributed by atoms with E-state index in [1.807, 2.05) is 44.2 Å². The summed E-state index contributed by atoms with van der Waals surface area (Å²) < 4.78 is 6.55. The molecule has 0 aliphatic carbocycles. The van der Waals surface area contributed by atoms with Crippen molar-refractivity contribution in [1.82, 2.24) is 0 Å². The zero-order valence-electron chi connectivity index (χ0n) is 16.2.